The van der Waals surface area contributed by atoms with Gasteiger partial charge in [-0.1, -0.05) is 20.3 Å². The van der Waals surface area contributed by atoms with Gasteiger partial charge in [0.05, 0.1) is 13.2 Å². The minimum atomic E-state index is -0.0389. The van der Waals surface area contributed by atoms with Gasteiger partial charge in [-0.15, -0.1) is 0 Å². The van der Waals surface area contributed by atoms with Gasteiger partial charge in [0.25, 0.3) is 0 Å². The summed E-state index contributed by atoms with van der Waals surface area (Å²) in [6.45, 7) is 5.25. The third-order valence-electron chi connectivity index (χ3n) is 4.04. The maximum absolute atomic E-state index is 12.4. The normalized spacial score (nSPS) is 16.4. The highest BCUT2D eigenvalue weighted by Crippen LogP contribution is 2.13. The Kier molecular flexibility index (Phi) is 7.59. The minimum Gasteiger partial charge on any atom is -0.395 e. The Labute approximate surface area is 121 Å². The van der Waals surface area contributed by atoms with E-state index in [0.717, 1.165) is 32.1 Å². The zero-order valence-corrected chi connectivity index (χ0v) is 12.8. The van der Waals surface area contributed by atoms with Crippen molar-refractivity contribution in [3.05, 3.63) is 0 Å². The van der Waals surface area contributed by atoms with Crippen LogP contribution in [0.2, 0.25) is 0 Å². The number of nitrogens with zero attached hydrogens (tertiary/aromatic N) is 2. The standard InChI is InChI=1S/C15H28N2O3/c1-3-13(4-2)17(10-11-18)15(20)12-16-9-7-5-6-8-14(16)19/h13,18H,3-12H2,1-2H3. The molecule has 0 aromatic heterocycles. The number of hydrogen-bond acceptors (Lipinski definition) is 3. The number of rotatable bonds is 7. The van der Waals surface area contributed by atoms with Crippen LogP contribution in [0, 0.1) is 0 Å². The lowest BCUT2D eigenvalue weighted by Crippen LogP contribution is -2.47. The molecule has 2 amide bonds. The molecule has 1 N–H and O–H groups in total. The molecule has 20 heavy (non-hydrogen) atoms. The molecular formula is C15H28N2O3. The Bertz CT molecular complexity index is 316. The van der Waals surface area contributed by atoms with Gasteiger partial charge < -0.3 is 14.9 Å². The van der Waals surface area contributed by atoms with Crippen molar-refractivity contribution in [3.63, 3.8) is 0 Å². The maximum Gasteiger partial charge on any atom is 0.242 e. The lowest BCUT2D eigenvalue weighted by Gasteiger charge is -2.32. The Hall–Kier alpha value is -1.10. The summed E-state index contributed by atoms with van der Waals surface area (Å²) in [4.78, 5) is 27.8. The van der Waals surface area contributed by atoms with E-state index in [1.54, 1.807) is 9.80 Å². The van der Waals surface area contributed by atoms with Gasteiger partial charge in [0, 0.05) is 25.6 Å². The fraction of sp³-hybridized carbons (Fsp3) is 0.867. The van der Waals surface area contributed by atoms with E-state index < -0.39 is 0 Å². The highest BCUT2D eigenvalue weighted by molar-refractivity contribution is 5.85. The van der Waals surface area contributed by atoms with Crippen molar-refractivity contribution < 1.29 is 14.7 Å². The van der Waals surface area contributed by atoms with E-state index in [1.807, 2.05) is 13.8 Å². The van der Waals surface area contributed by atoms with Gasteiger partial charge in [-0.25, -0.2) is 0 Å². The molecule has 1 fully saturated rings. The van der Waals surface area contributed by atoms with Gasteiger partial charge in [0.15, 0.2) is 0 Å². The zero-order valence-electron chi connectivity index (χ0n) is 12.8. The largest absolute Gasteiger partial charge is 0.395 e. The van der Waals surface area contributed by atoms with Crippen LogP contribution < -0.4 is 0 Å². The van der Waals surface area contributed by atoms with Gasteiger partial charge in [0.2, 0.25) is 11.8 Å². The van der Waals surface area contributed by atoms with Crippen LogP contribution in [-0.2, 0) is 9.59 Å². The summed E-state index contributed by atoms with van der Waals surface area (Å²) in [5, 5.41) is 9.15. The van der Waals surface area contributed by atoms with E-state index in [9.17, 15) is 9.59 Å². The van der Waals surface area contributed by atoms with E-state index in [2.05, 4.69) is 0 Å². The Balaban J connectivity index is 2.66. The van der Waals surface area contributed by atoms with Gasteiger partial charge in [-0.2, -0.15) is 0 Å². The average Bonchev–Trinajstić information content (AvgIpc) is 2.64. The highest BCUT2D eigenvalue weighted by atomic mass is 16.3. The van der Waals surface area contributed by atoms with Crippen molar-refractivity contribution in [2.45, 2.75) is 58.4 Å². The number of likely N-dealkylation sites (tertiary alicyclic amines) is 1. The van der Waals surface area contributed by atoms with Crippen molar-refractivity contribution in [1.29, 1.82) is 0 Å². The lowest BCUT2D eigenvalue weighted by molar-refractivity contribution is -0.142. The van der Waals surface area contributed by atoms with Crippen LogP contribution in [-0.4, -0.2) is 59.0 Å². The maximum atomic E-state index is 12.4. The molecule has 0 aromatic carbocycles. The Morgan fingerprint density at radius 1 is 1.30 bits per heavy atom. The first kappa shape index (κ1) is 17.0. The molecule has 0 aromatic rings. The molecule has 0 spiro atoms. The summed E-state index contributed by atoms with van der Waals surface area (Å²) in [6, 6.07) is 0.150. The van der Waals surface area contributed by atoms with Crippen molar-refractivity contribution in [1.82, 2.24) is 9.80 Å². The second-order valence-electron chi connectivity index (χ2n) is 5.41. The van der Waals surface area contributed by atoms with Crippen molar-refractivity contribution in [3.8, 4) is 0 Å². The fourth-order valence-electron chi connectivity index (χ4n) is 2.81. The summed E-state index contributed by atoms with van der Waals surface area (Å²) in [6.07, 6.45) is 5.26. The summed E-state index contributed by atoms with van der Waals surface area (Å²) in [5.74, 6) is 0.0485. The molecular weight excluding hydrogens is 256 g/mol. The Morgan fingerprint density at radius 3 is 2.60 bits per heavy atom. The molecule has 1 aliphatic rings. The summed E-state index contributed by atoms with van der Waals surface area (Å²) >= 11 is 0. The van der Waals surface area contributed by atoms with Gasteiger partial charge in [-0.05, 0) is 25.7 Å². The first-order valence-corrected chi connectivity index (χ1v) is 7.82. The van der Waals surface area contributed by atoms with Crippen LogP contribution >= 0.6 is 0 Å². The van der Waals surface area contributed by atoms with E-state index in [4.69, 9.17) is 5.11 Å². The molecule has 1 heterocycles. The third kappa shape index (κ3) is 4.78. The summed E-state index contributed by atoms with van der Waals surface area (Å²) in [5.41, 5.74) is 0. The van der Waals surface area contributed by atoms with Crippen molar-refractivity contribution >= 4 is 11.8 Å². The summed E-state index contributed by atoms with van der Waals surface area (Å²) in [7, 11) is 0. The average molecular weight is 284 g/mol. The molecule has 0 atom stereocenters. The summed E-state index contributed by atoms with van der Waals surface area (Å²) < 4.78 is 0. The molecule has 0 bridgehead atoms. The first-order valence-electron chi connectivity index (χ1n) is 7.82. The molecule has 5 nitrogen and oxygen atoms in total. The first-order chi connectivity index (χ1) is 9.63. The second-order valence-corrected chi connectivity index (χ2v) is 5.41. The number of aliphatic hydroxyl groups is 1. The quantitative estimate of drug-likeness (QED) is 0.768. The van der Waals surface area contributed by atoms with Crippen LogP contribution in [0.1, 0.15) is 52.4 Å². The second kappa shape index (κ2) is 8.95. The third-order valence-corrected chi connectivity index (χ3v) is 4.04. The van der Waals surface area contributed by atoms with E-state index in [-0.39, 0.29) is 31.0 Å². The molecule has 1 rings (SSSR count). The predicted octanol–water partition coefficient (Wildman–Crippen LogP) is 1.40. The van der Waals surface area contributed by atoms with Crippen LogP contribution in [0.4, 0.5) is 0 Å². The molecule has 5 heteroatoms. The topological polar surface area (TPSA) is 60.9 Å². The smallest absolute Gasteiger partial charge is 0.242 e. The molecule has 1 aliphatic heterocycles. The predicted molar refractivity (Wildman–Crippen MR) is 78.2 cm³/mol. The molecule has 0 aliphatic carbocycles. The van der Waals surface area contributed by atoms with Crippen molar-refractivity contribution in [2.75, 3.05) is 26.2 Å². The van der Waals surface area contributed by atoms with Gasteiger partial charge in [-0.3, -0.25) is 9.59 Å². The fourth-order valence-corrected chi connectivity index (χ4v) is 2.81. The minimum absolute atomic E-state index is 0.0316. The van der Waals surface area contributed by atoms with Crippen LogP contribution in [0.15, 0.2) is 0 Å². The van der Waals surface area contributed by atoms with E-state index in [1.165, 1.54) is 0 Å². The highest BCUT2D eigenvalue weighted by Gasteiger charge is 2.25. The number of carbonyl (C=O) groups is 2. The number of aliphatic hydroxyl groups excluding tert-OH is 1. The van der Waals surface area contributed by atoms with Crippen molar-refractivity contribution in [2.24, 2.45) is 0 Å². The zero-order chi connectivity index (χ0) is 15.0. The van der Waals surface area contributed by atoms with Crippen LogP contribution in [0.25, 0.3) is 0 Å². The SMILES string of the molecule is CCC(CC)N(CCO)C(=O)CN1CCCCCC1=O. The molecule has 0 saturated carbocycles. The molecule has 1 saturated heterocycles. The van der Waals surface area contributed by atoms with E-state index >= 15 is 0 Å². The molecule has 0 radical (unpaired) electrons. The monoisotopic (exact) mass is 284 g/mol. The van der Waals surface area contributed by atoms with Crippen LogP contribution in [0.5, 0.6) is 0 Å². The van der Waals surface area contributed by atoms with E-state index in [0.29, 0.717) is 19.5 Å². The van der Waals surface area contributed by atoms with Gasteiger partial charge in [0.1, 0.15) is 0 Å². The number of hydrogen-bond donors (Lipinski definition) is 1. The number of amides is 2. The van der Waals surface area contributed by atoms with Crippen LogP contribution in [0.3, 0.4) is 0 Å². The number of carbonyl (C=O) groups excluding carboxylic acids is 2. The van der Waals surface area contributed by atoms with Gasteiger partial charge >= 0.3 is 0 Å². The molecule has 116 valence electrons. The lowest BCUT2D eigenvalue weighted by atomic mass is 10.1. The molecule has 0 unspecified atom stereocenters. The Morgan fingerprint density at radius 2 is 2.00 bits per heavy atom.